The Morgan fingerprint density at radius 3 is 2.45 bits per heavy atom. The Bertz CT molecular complexity index is 1160. The number of halogens is 1. The first-order valence-corrected chi connectivity index (χ1v) is 10.7. The molecule has 0 spiro atoms. The van der Waals surface area contributed by atoms with Crippen molar-refractivity contribution in [3.8, 4) is 11.3 Å². The van der Waals surface area contributed by atoms with E-state index in [0.29, 0.717) is 13.0 Å². The van der Waals surface area contributed by atoms with Crippen LogP contribution in [0.5, 0.6) is 0 Å². The molecule has 0 bridgehead atoms. The predicted molar refractivity (Wildman–Crippen MR) is 120 cm³/mol. The summed E-state index contributed by atoms with van der Waals surface area (Å²) in [4.78, 5) is 18.5. The number of fused-ring (bicyclic) bond motifs is 1. The molecule has 1 N–H and O–H groups in total. The average Bonchev–Trinajstić information content (AvgIpc) is 3.30. The molecule has 5 rings (SSSR count). The first-order valence-electron chi connectivity index (χ1n) is 9.90. The van der Waals surface area contributed by atoms with Crippen molar-refractivity contribution in [1.82, 2.24) is 9.88 Å². The number of para-hydroxylation sites is 1. The van der Waals surface area contributed by atoms with E-state index in [1.54, 1.807) is 0 Å². The summed E-state index contributed by atoms with van der Waals surface area (Å²) in [6.07, 6.45) is 1.44. The number of likely N-dealkylation sites (tertiary alicyclic amines) is 1. The van der Waals surface area contributed by atoms with Gasteiger partial charge in [-0.1, -0.05) is 76.6 Å². The second-order valence-electron chi connectivity index (χ2n) is 7.53. The van der Waals surface area contributed by atoms with E-state index in [0.717, 1.165) is 33.2 Å². The van der Waals surface area contributed by atoms with Crippen LogP contribution in [0.25, 0.3) is 22.2 Å². The third-order valence-corrected chi connectivity index (χ3v) is 6.26. The summed E-state index contributed by atoms with van der Waals surface area (Å²) in [6.45, 7) is 0.642. The smallest absolute Gasteiger partial charge is 0.223 e. The van der Waals surface area contributed by atoms with Crippen molar-refractivity contribution in [3.05, 3.63) is 94.5 Å². The molecule has 1 fully saturated rings. The average molecular weight is 445 g/mol. The lowest BCUT2D eigenvalue weighted by molar-refractivity contribution is -0.129. The van der Waals surface area contributed by atoms with Gasteiger partial charge in [-0.25, -0.2) is 0 Å². The number of nitrogens with zero attached hydrogens (tertiary/aromatic N) is 1. The second-order valence-corrected chi connectivity index (χ2v) is 8.44. The zero-order valence-electron chi connectivity index (χ0n) is 15.9. The largest absolute Gasteiger partial charge is 0.354 e. The second kappa shape index (κ2) is 7.53. The van der Waals surface area contributed by atoms with Crippen LogP contribution in [0.3, 0.4) is 0 Å². The van der Waals surface area contributed by atoms with Crippen LogP contribution >= 0.6 is 15.9 Å². The van der Waals surface area contributed by atoms with E-state index in [9.17, 15) is 4.79 Å². The van der Waals surface area contributed by atoms with Crippen LogP contribution in [0.2, 0.25) is 0 Å². The molecule has 1 aliphatic rings. The molecule has 1 aliphatic heterocycles. The normalized spacial score (nSPS) is 16.7. The maximum absolute atomic E-state index is 12.8. The van der Waals surface area contributed by atoms with Crippen LogP contribution < -0.4 is 0 Å². The number of amides is 1. The number of rotatable bonds is 4. The first-order chi connectivity index (χ1) is 14.2. The molecule has 144 valence electrons. The Labute approximate surface area is 178 Å². The minimum absolute atomic E-state index is 0.0671. The Morgan fingerprint density at radius 2 is 1.66 bits per heavy atom. The molecule has 3 aromatic carbocycles. The van der Waals surface area contributed by atoms with Crippen molar-refractivity contribution in [2.75, 3.05) is 0 Å². The standard InChI is InChI=1S/C25H21BrN2O/c26-19-12-10-18(11-13-19)25-24(20-8-4-5-9-21(20)27-25)22-14-15-23(29)28(22)16-17-6-2-1-3-7-17/h1-13,22,27H,14-16H2/t22-/m1/s1. The Balaban J connectivity index is 1.64. The van der Waals surface area contributed by atoms with Gasteiger partial charge < -0.3 is 9.88 Å². The number of aromatic amines is 1. The minimum atomic E-state index is 0.0671. The van der Waals surface area contributed by atoms with E-state index >= 15 is 0 Å². The topological polar surface area (TPSA) is 36.1 Å². The van der Waals surface area contributed by atoms with E-state index in [1.807, 2.05) is 23.1 Å². The molecular formula is C25H21BrN2O. The summed E-state index contributed by atoms with van der Waals surface area (Å²) < 4.78 is 1.06. The van der Waals surface area contributed by atoms with Crippen molar-refractivity contribution in [2.45, 2.75) is 25.4 Å². The molecule has 4 heteroatoms. The first kappa shape index (κ1) is 18.2. The quantitative estimate of drug-likeness (QED) is 0.385. The molecule has 0 unspecified atom stereocenters. The predicted octanol–water partition coefficient (Wildman–Crippen LogP) is 6.46. The fourth-order valence-electron chi connectivity index (χ4n) is 4.37. The molecule has 1 amide bonds. The van der Waals surface area contributed by atoms with E-state index < -0.39 is 0 Å². The van der Waals surface area contributed by atoms with Gasteiger partial charge in [-0.15, -0.1) is 0 Å². The zero-order valence-corrected chi connectivity index (χ0v) is 17.5. The maximum Gasteiger partial charge on any atom is 0.223 e. The van der Waals surface area contributed by atoms with Crippen LogP contribution in [0.4, 0.5) is 0 Å². The third kappa shape index (κ3) is 3.38. The fraction of sp³-hybridized carbons (Fsp3) is 0.160. The van der Waals surface area contributed by atoms with Gasteiger partial charge in [0.1, 0.15) is 0 Å². The maximum atomic E-state index is 12.8. The minimum Gasteiger partial charge on any atom is -0.354 e. The van der Waals surface area contributed by atoms with Gasteiger partial charge in [0.25, 0.3) is 0 Å². The highest BCUT2D eigenvalue weighted by Crippen LogP contribution is 2.43. The Morgan fingerprint density at radius 1 is 0.931 bits per heavy atom. The summed E-state index contributed by atoms with van der Waals surface area (Å²) in [6, 6.07) is 27.1. The van der Waals surface area contributed by atoms with Crippen LogP contribution in [-0.4, -0.2) is 15.8 Å². The van der Waals surface area contributed by atoms with Gasteiger partial charge in [0, 0.05) is 33.9 Å². The molecule has 2 heterocycles. The summed E-state index contributed by atoms with van der Waals surface area (Å²) in [5.41, 5.74) is 5.75. The molecular weight excluding hydrogens is 424 g/mol. The molecule has 0 aliphatic carbocycles. The van der Waals surface area contributed by atoms with E-state index in [-0.39, 0.29) is 11.9 Å². The summed E-state index contributed by atoms with van der Waals surface area (Å²) in [5.74, 6) is 0.228. The van der Waals surface area contributed by atoms with Crippen molar-refractivity contribution >= 4 is 32.7 Å². The van der Waals surface area contributed by atoms with Crippen molar-refractivity contribution in [3.63, 3.8) is 0 Å². The number of carbonyl (C=O) groups is 1. The monoisotopic (exact) mass is 444 g/mol. The van der Waals surface area contributed by atoms with E-state index in [1.165, 1.54) is 10.9 Å². The number of nitrogens with one attached hydrogen (secondary N) is 1. The molecule has 3 nitrogen and oxygen atoms in total. The molecule has 0 radical (unpaired) electrons. The van der Waals surface area contributed by atoms with Crippen LogP contribution in [0, 0.1) is 0 Å². The lowest BCUT2D eigenvalue weighted by Crippen LogP contribution is -2.27. The number of benzene rings is 3. The fourth-order valence-corrected chi connectivity index (χ4v) is 4.63. The Kier molecular flexibility index (Phi) is 4.72. The zero-order chi connectivity index (χ0) is 19.8. The molecule has 1 aromatic heterocycles. The van der Waals surface area contributed by atoms with Gasteiger partial charge >= 0.3 is 0 Å². The molecule has 4 aromatic rings. The number of carbonyl (C=O) groups excluding carboxylic acids is 1. The van der Waals surface area contributed by atoms with Crippen LogP contribution in [0.1, 0.15) is 30.0 Å². The summed E-state index contributed by atoms with van der Waals surface area (Å²) in [5, 5.41) is 1.20. The number of aromatic nitrogens is 1. The SMILES string of the molecule is O=C1CC[C@H](c2c(-c3ccc(Br)cc3)[nH]c3ccccc23)N1Cc1ccccc1. The highest BCUT2D eigenvalue weighted by atomic mass is 79.9. The Hall–Kier alpha value is -2.85. The summed E-state index contributed by atoms with van der Waals surface area (Å²) in [7, 11) is 0. The third-order valence-electron chi connectivity index (χ3n) is 5.74. The van der Waals surface area contributed by atoms with Crippen LogP contribution in [0.15, 0.2) is 83.3 Å². The molecule has 29 heavy (non-hydrogen) atoms. The van der Waals surface area contributed by atoms with Crippen molar-refractivity contribution < 1.29 is 4.79 Å². The lowest BCUT2D eigenvalue weighted by Gasteiger charge is -2.26. The number of H-pyrrole nitrogens is 1. The summed E-state index contributed by atoms with van der Waals surface area (Å²) >= 11 is 3.53. The van der Waals surface area contributed by atoms with E-state index in [2.05, 4.69) is 81.6 Å². The number of hydrogen-bond acceptors (Lipinski definition) is 1. The van der Waals surface area contributed by atoms with Gasteiger partial charge in [-0.2, -0.15) is 0 Å². The van der Waals surface area contributed by atoms with Gasteiger partial charge in [0.2, 0.25) is 5.91 Å². The van der Waals surface area contributed by atoms with Gasteiger partial charge in [0.05, 0.1) is 11.7 Å². The van der Waals surface area contributed by atoms with Crippen LogP contribution in [-0.2, 0) is 11.3 Å². The van der Waals surface area contributed by atoms with Gasteiger partial charge in [0.15, 0.2) is 0 Å². The molecule has 1 atom stereocenters. The highest BCUT2D eigenvalue weighted by molar-refractivity contribution is 9.10. The van der Waals surface area contributed by atoms with Crippen molar-refractivity contribution in [2.24, 2.45) is 0 Å². The highest BCUT2D eigenvalue weighted by Gasteiger charge is 2.35. The number of hydrogen-bond donors (Lipinski definition) is 1. The lowest BCUT2D eigenvalue weighted by atomic mass is 9.97. The van der Waals surface area contributed by atoms with E-state index in [4.69, 9.17) is 0 Å². The van der Waals surface area contributed by atoms with Gasteiger partial charge in [-0.3, -0.25) is 4.79 Å². The molecule has 0 saturated carbocycles. The molecule has 1 saturated heterocycles. The van der Waals surface area contributed by atoms with Gasteiger partial charge in [-0.05, 0) is 35.7 Å². The van der Waals surface area contributed by atoms with Crippen molar-refractivity contribution in [1.29, 1.82) is 0 Å².